The summed E-state index contributed by atoms with van der Waals surface area (Å²) in [7, 11) is 0. The summed E-state index contributed by atoms with van der Waals surface area (Å²) in [6.07, 6.45) is 0.601. The summed E-state index contributed by atoms with van der Waals surface area (Å²) in [4.78, 5) is 25.6. The second-order valence-corrected chi connectivity index (χ2v) is 10.0. The van der Waals surface area contributed by atoms with Crippen LogP contribution < -0.4 is 21.3 Å². The van der Waals surface area contributed by atoms with Crippen LogP contribution in [0, 0.1) is 11.3 Å². The second-order valence-electron chi connectivity index (χ2n) is 9.60. The average Bonchev–Trinajstić information content (AvgIpc) is 2.68. The van der Waals surface area contributed by atoms with Crippen molar-refractivity contribution in [3.8, 4) is 5.75 Å². The van der Waals surface area contributed by atoms with Gasteiger partial charge >= 0.3 is 6.09 Å². The van der Waals surface area contributed by atoms with Gasteiger partial charge in [-0.25, -0.2) is 4.79 Å². The molecule has 1 aromatic carbocycles. The molecule has 8 heteroatoms. The van der Waals surface area contributed by atoms with Gasteiger partial charge in [0.25, 0.3) is 5.56 Å². The lowest BCUT2D eigenvalue weighted by molar-refractivity contribution is 0.170. The fourth-order valence-corrected chi connectivity index (χ4v) is 3.84. The normalized spacial score (nSPS) is 12.7. The van der Waals surface area contributed by atoms with E-state index in [-0.39, 0.29) is 16.5 Å². The molecule has 0 saturated heterocycles. The molecular weight excluding hydrogens is 426 g/mol. The van der Waals surface area contributed by atoms with E-state index < -0.39 is 17.6 Å². The molecule has 32 heavy (non-hydrogen) atoms. The van der Waals surface area contributed by atoms with Crippen molar-refractivity contribution >= 4 is 34.1 Å². The predicted molar refractivity (Wildman–Crippen MR) is 133 cm³/mol. The van der Waals surface area contributed by atoms with E-state index in [2.05, 4.69) is 12.2 Å². The molecule has 0 aliphatic rings. The molecule has 4 N–H and O–H groups in total. The highest BCUT2D eigenvalue weighted by molar-refractivity contribution is 7.80. The van der Waals surface area contributed by atoms with Gasteiger partial charge in [-0.05, 0) is 29.9 Å². The van der Waals surface area contributed by atoms with E-state index in [1.165, 1.54) is 0 Å². The largest absolute Gasteiger partial charge is 0.491 e. The van der Waals surface area contributed by atoms with Crippen LogP contribution in [0.25, 0.3) is 10.8 Å². The smallest absolute Gasteiger partial charge is 0.405 e. The highest BCUT2D eigenvalue weighted by atomic mass is 32.1. The number of pyridine rings is 1. The van der Waals surface area contributed by atoms with Crippen LogP contribution in [0.5, 0.6) is 5.75 Å². The van der Waals surface area contributed by atoms with Gasteiger partial charge in [0.2, 0.25) is 0 Å². The molecule has 7 nitrogen and oxygen atoms in total. The molecule has 0 aliphatic carbocycles. The van der Waals surface area contributed by atoms with Gasteiger partial charge in [0.05, 0.1) is 23.7 Å². The number of fused-ring (bicyclic) bond motifs is 1. The number of unbranched alkanes of at least 4 members (excludes halogenated alkanes) is 1. The van der Waals surface area contributed by atoms with Crippen molar-refractivity contribution in [3.63, 3.8) is 0 Å². The first kappa shape index (κ1) is 25.6. The number of hydrogen-bond donors (Lipinski definition) is 3. The van der Waals surface area contributed by atoms with Gasteiger partial charge in [-0.2, -0.15) is 0 Å². The van der Waals surface area contributed by atoms with E-state index in [4.69, 9.17) is 22.7 Å². The Morgan fingerprint density at radius 1 is 1.28 bits per heavy atom. The first-order chi connectivity index (χ1) is 14.9. The van der Waals surface area contributed by atoms with Crippen LogP contribution in [-0.4, -0.2) is 27.4 Å². The van der Waals surface area contributed by atoms with Crippen molar-refractivity contribution in [3.05, 3.63) is 39.8 Å². The molecule has 1 amide bonds. The number of thiocarbonyl (C=S) groups is 1. The highest BCUT2D eigenvalue weighted by Gasteiger charge is 2.35. The lowest BCUT2D eigenvalue weighted by Gasteiger charge is -2.34. The number of hydrogen-bond acceptors (Lipinski definition) is 4. The van der Waals surface area contributed by atoms with Gasteiger partial charge in [-0.1, -0.05) is 66.2 Å². The van der Waals surface area contributed by atoms with Crippen molar-refractivity contribution in [2.75, 3.05) is 6.61 Å². The first-order valence-corrected chi connectivity index (χ1v) is 11.4. The summed E-state index contributed by atoms with van der Waals surface area (Å²) in [6, 6.07) is 4.54. The molecular formula is C24H35N3O4S. The molecule has 176 valence electrons. The molecule has 0 aliphatic heterocycles. The third kappa shape index (κ3) is 5.79. The number of carboxylic acid groups (broad SMARTS) is 1. The highest BCUT2D eigenvalue weighted by Crippen LogP contribution is 2.40. The summed E-state index contributed by atoms with van der Waals surface area (Å²) in [5.74, 6) is 0.661. The maximum Gasteiger partial charge on any atom is 0.405 e. The van der Waals surface area contributed by atoms with E-state index in [9.17, 15) is 14.7 Å². The molecule has 0 radical (unpaired) electrons. The zero-order valence-electron chi connectivity index (χ0n) is 19.8. The molecule has 2 rings (SSSR count). The number of ether oxygens (including phenoxy) is 1. The fraction of sp³-hybridized carbons (Fsp3) is 0.542. The van der Waals surface area contributed by atoms with Crippen LogP contribution in [0.1, 0.15) is 71.7 Å². The fourth-order valence-electron chi connectivity index (χ4n) is 3.71. The standard InChI is InChI=1S/C24H35N3O4S/c1-7-8-11-31-19-17-12-15(21(25)32)9-10-16(17)22(28)27(13-14(2)3)18(19)20(24(4,5)6)26-23(29)30/h9-10,12,14,20,26H,7-8,11,13H2,1-6H3,(H2,25,32)(H,29,30). The Labute approximate surface area is 194 Å². The number of benzene rings is 1. The summed E-state index contributed by atoms with van der Waals surface area (Å²) < 4.78 is 7.95. The van der Waals surface area contributed by atoms with E-state index in [0.29, 0.717) is 40.9 Å². The predicted octanol–water partition coefficient (Wildman–Crippen LogP) is 4.83. The molecule has 1 atom stereocenters. The van der Waals surface area contributed by atoms with E-state index >= 15 is 0 Å². The average molecular weight is 462 g/mol. The summed E-state index contributed by atoms with van der Waals surface area (Å²) in [6.45, 7) is 12.8. The molecule has 0 spiro atoms. The summed E-state index contributed by atoms with van der Waals surface area (Å²) in [5, 5.41) is 13.3. The molecule has 0 bridgehead atoms. The van der Waals surface area contributed by atoms with Crippen molar-refractivity contribution < 1.29 is 14.6 Å². The van der Waals surface area contributed by atoms with Crippen molar-refractivity contribution in [2.24, 2.45) is 17.1 Å². The lowest BCUT2D eigenvalue weighted by Crippen LogP contribution is -2.40. The van der Waals surface area contributed by atoms with Crippen molar-refractivity contribution in [2.45, 2.75) is 67.0 Å². The molecule has 1 heterocycles. The van der Waals surface area contributed by atoms with E-state index in [1.54, 1.807) is 22.8 Å². The Balaban J connectivity index is 3.03. The number of amides is 1. The lowest BCUT2D eigenvalue weighted by atomic mass is 9.83. The number of rotatable bonds is 9. The number of carbonyl (C=O) groups is 1. The second kappa shape index (κ2) is 10.3. The molecule has 2 aromatic rings. The van der Waals surface area contributed by atoms with Crippen LogP contribution in [0.2, 0.25) is 0 Å². The summed E-state index contributed by atoms with van der Waals surface area (Å²) in [5.41, 5.74) is 6.29. The van der Waals surface area contributed by atoms with Crippen LogP contribution in [-0.2, 0) is 6.54 Å². The molecule has 1 aromatic heterocycles. The van der Waals surface area contributed by atoms with Crippen LogP contribution in [0.15, 0.2) is 23.0 Å². The number of nitrogens with zero attached hydrogens (tertiary/aromatic N) is 1. The quantitative estimate of drug-likeness (QED) is 0.365. The Hall–Kier alpha value is -2.61. The maximum absolute atomic E-state index is 13.6. The van der Waals surface area contributed by atoms with Gasteiger partial charge in [0, 0.05) is 17.5 Å². The minimum atomic E-state index is -1.16. The van der Waals surface area contributed by atoms with Gasteiger partial charge in [0.1, 0.15) is 10.7 Å². The van der Waals surface area contributed by atoms with Crippen LogP contribution in [0.3, 0.4) is 0 Å². The minimum Gasteiger partial charge on any atom is -0.491 e. The topological polar surface area (TPSA) is 107 Å². The Morgan fingerprint density at radius 2 is 1.94 bits per heavy atom. The van der Waals surface area contributed by atoms with E-state index in [1.807, 2.05) is 34.6 Å². The van der Waals surface area contributed by atoms with E-state index in [0.717, 1.165) is 12.8 Å². The maximum atomic E-state index is 13.6. The SMILES string of the molecule is CCCCOc1c(C(NC(=O)O)C(C)(C)C)n(CC(C)C)c(=O)c2ccc(C(N)=S)cc12. The van der Waals surface area contributed by atoms with Gasteiger partial charge in [0.15, 0.2) is 0 Å². The van der Waals surface area contributed by atoms with Crippen LogP contribution >= 0.6 is 12.2 Å². The monoisotopic (exact) mass is 461 g/mol. The van der Waals surface area contributed by atoms with Crippen molar-refractivity contribution in [1.29, 1.82) is 0 Å². The number of aromatic nitrogens is 1. The number of nitrogens with two attached hydrogens (primary N) is 1. The molecule has 0 fully saturated rings. The third-order valence-electron chi connectivity index (χ3n) is 5.25. The van der Waals surface area contributed by atoms with Crippen LogP contribution in [0.4, 0.5) is 4.79 Å². The minimum absolute atomic E-state index is 0.161. The molecule has 0 saturated carbocycles. The zero-order chi connectivity index (χ0) is 24.2. The summed E-state index contributed by atoms with van der Waals surface area (Å²) >= 11 is 5.15. The number of nitrogens with one attached hydrogen (secondary N) is 1. The Bertz CT molecular complexity index is 1050. The van der Waals surface area contributed by atoms with Crippen molar-refractivity contribution in [1.82, 2.24) is 9.88 Å². The Kier molecular flexibility index (Phi) is 8.29. The van der Waals surface area contributed by atoms with Gasteiger partial charge in [-0.15, -0.1) is 0 Å². The Morgan fingerprint density at radius 3 is 2.44 bits per heavy atom. The molecule has 1 unspecified atom stereocenters. The van der Waals surface area contributed by atoms with Gasteiger partial charge < -0.3 is 25.5 Å². The zero-order valence-corrected chi connectivity index (χ0v) is 20.6. The van der Waals surface area contributed by atoms with Gasteiger partial charge in [-0.3, -0.25) is 4.79 Å². The third-order valence-corrected chi connectivity index (χ3v) is 5.48. The first-order valence-electron chi connectivity index (χ1n) is 11.0.